The predicted octanol–water partition coefficient (Wildman–Crippen LogP) is -0.0125. The fraction of sp³-hybridized carbons (Fsp3) is 1.00. The predicted molar refractivity (Wildman–Crippen MR) is 46.6 cm³/mol. The molecule has 0 aromatic heterocycles. The molecule has 0 bridgehead atoms. The lowest BCUT2D eigenvalue weighted by Crippen LogP contribution is -2.45. The summed E-state index contributed by atoms with van der Waals surface area (Å²) in [6.45, 7) is 5.73. The molecule has 1 rings (SSSR count). The Morgan fingerprint density at radius 1 is 1.67 bits per heavy atom. The van der Waals surface area contributed by atoms with E-state index in [0.29, 0.717) is 19.2 Å². The molecule has 1 heterocycles. The average molecular weight is 174 g/mol. The highest BCUT2D eigenvalue weighted by Crippen LogP contribution is 2.09. The van der Waals surface area contributed by atoms with Crippen molar-refractivity contribution in [3.63, 3.8) is 0 Å². The second-order valence-corrected chi connectivity index (χ2v) is 2.90. The van der Waals surface area contributed by atoms with Gasteiger partial charge in [0.15, 0.2) is 0 Å². The minimum absolute atomic E-state index is 0.408. The van der Waals surface area contributed by atoms with Gasteiger partial charge in [-0.1, -0.05) is 6.92 Å². The summed E-state index contributed by atoms with van der Waals surface area (Å²) < 4.78 is 5.33. The minimum Gasteiger partial charge on any atom is -0.378 e. The third kappa shape index (κ3) is 2.71. The Balaban J connectivity index is 2.26. The van der Waals surface area contributed by atoms with Crippen LogP contribution in [0.3, 0.4) is 0 Å². The number of ether oxygens (including phenoxy) is 1. The highest BCUT2D eigenvalue weighted by Gasteiger charge is 2.21. The summed E-state index contributed by atoms with van der Waals surface area (Å²) in [6.07, 6.45) is 1.06. The summed E-state index contributed by atoms with van der Waals surface area (Å²) in [5.41, 5.74) is 5.35. The van der Waals surface area contributed by atoms with Gasteiger partial charge in [0.2, 0.25) is 0 Å². The molecular weight excluding hydrogens is 156 g/mol. The van der Waals surface area contributed by atoms with Gasteiger partial charge in [0.05, 0.1) is 25.9 Å². The molecule has 1 unspecified atom stereocenters. The first-order chi connectivity index (χ1) is 5.88. The Morgan fingerprint density at radius 2 is 2.50 bits per heavy atom. The molecule has 0 aliphatic carbocycles. The van der Waals surface area contributed by atoms with Gasteiger partial charge in [0.25, 0.3) is 0 Å². The molecule has 1 aliphatic heterocycles. The SMILES string of the molecule is CCC1COCCN1OCCN. The highest BCUT2D eigenvalue weighted by molar-refractivity contribution is 4.67. The van der Waals surface area contributed by atoms with Gasteiger partial charge < -0.3 is 10.5 Å². The fourth-order valence-electron chi connectivity index (χ4n) is 1.30. The molecule has 12 heavy (non-hydrogen) atoms. The maximum Gasteiger partial charge on any atom is 0.0807 e. The number of morpholine rings is 1. The van der Waals surface area contributed by atoms with Crippen LogP contribution in [0.15, 0.2) is 0 Å². The molecule has 0 aromatic carbocycles. The van der Waals surface area contributed by atoms with Gasteiger partial charge in [-0.25, -0.2) is 0 Å². The topological polar surface area (TPSA) is 47.7 Å². The molecule has 1 aliphatic rings. The second-order valence-electron chi connectivity index (χ2n) is 2.90. The van der Waals surface area contributed by atoms with E-state index in [1.807, 2.05) is 5.06 Å². The first-order valence-corrected chi connectivity index (χ1v) is 4.55. The van der Waals surface area contributed by atoms with Crippen LogP contribution in [0.1, 0.15) is 13.3 Å². The molecule has 1 saturated heterocycles. The van der Waals surface area contributed by atoms with Gasteiger partial charge in [0, 0.05) is 13.1 Å². The first-order valence-electron chi connectivity index (χ1n) is 4.55. The maximum absolute atomic E-state index is 5.46. The van der Waals surface area contributed by atoms with E-state index in [2.05, 4.69) is 6.92 Å². The average Bonchev–Trinajstić information content (AvgIpc) is 2.15. The van der Waals surface area contributed by atoms with Gasteiger partial charge in [-0.3, -0.25) is 4.84 Å². The van der Waals surface area contributed by atoms with Crippen LogP contribution in [0.2, 0.25) is 0 Å². The van der Waals surface area contributed by atoms with Gasteiger partial charge in [-0.2, -0.15) is 5.06 Å². The zero-order chi connectivity index (χ0) is 8.81. The fourth-order valence-corrected chi connectivity index (χ4v) is 1.30. The summed E-state index contributed by atoms with van der Waals surface area (Å²) in [5, 5.41) is 2.00. The zero-order valence-electron chi connectivity index (χ0n) is 7.66. The molecule has 0 amide bonds. The molecule has 2 N–H and O–H groups in total. The van der Waals surface area contributed by atoms with E-state index in [1.165, 1.54) is 0 Å². The van der Waals surface area contributed by atoms with E-state index in [4.69, 9.17) is 15.3 Å². The summed E-state index contributed by atoms with van der Waals surface area (Å²) >= 11 is 0. The zero-order valence-corrected chi connectivity index (χ0v) is 7.66. The first kappa shape index (κ1) is 9.92. The van der Waals surface area contributed by atoms with Crippen molar-refractivity contribution in [2.45, 2.75) is 19.4 Å². The number of hydrogen-bond donors (Lipinski definition) is 1. The summed E-state index contributed by atoms with van der Waals surface area (Å²) in [7, 11) is 0. The van der Waals surface area contributed by atoms with Crippen LogP contribution < -0.4 is 5.73 Å². The second kappa shape index (κ2) is 5.48. The lowest BCUT2D eigenvalue weighted by Gasteiger charge is -2.33. The summed E-state index contributed by atoms with van der Waals surface area (Å²) in [4.78, 5) is 5.46. The van der Waals surface area contributed by atoms with Crippen LogP contribution >= 0.6 is 0 Å². The van der Waals surface area contributed by atoms with E-state index in [0.717, 1.165) is 26.2 Å². The van der Waals surface area contributed by atoms with E-state index >= 15 is 0 Å². The van der Waals surface area contributed by atoms with Gasteiger partial charge >= 0.3 is 0 Å². The number of hydroxylamine groups is 2. The Bertz CT molecular complexity index is 122. The van der Waals surface area contributed by atoms with Crippen molar-refractivity contribution < 1.29 is 9.57 Å². The Kier molecular flexibility index (Phi) is 4.53. The Morgan fingerprint density at radius 3 is 3.17 bits per heavy atom. The van der Waals surface area contributed by atoms with Crippen LogP contribution in [0.4, 0.5) is 0 Å². The molecule has 4 nitrogen and oxygen atoms in total. The molecule has 1 fully saturated rings. The third-order valence-corrected chi connectivity index (χ3v) is 2.02. The molecule has 0 spiro atoms. The van der Waals surface area contributed by atoms with Crippen LogP contribution in [-0.2, 0) is 9.57 Å². The van der Waals surface area contributed by atoms with Crippen LogP contribution in [-0.4, -0.2) is 44.0 Å². The number of hydrogen-bond acceptors (Lipinski definition) is 4. The quantitative estimate of drug-likeness (QED) is 0.651. The Hall–Kier alpha value is -0.160. The molecule has 72 valence electrons. The van der Waals surface area contributed by atoms with E-state index in [1.54, 1.807) is 0 Å². The number of nitrogens with two attached hydrogens (primary N) is 1. The third-order valence-electron chi connectivity index (χ3n) is 2.02. The molecule has 0 radical (unpaired) electrons. The van der Waals surface area contributed by atoms with Crippen molar-refractivity contribution in [2.24, 2.45) is 5.73 Å². The van der Waals surface area contributed by atoms with Crippen molar-refractivity contribution in [3.05, 3.63) is 0 Å². The van der Waals surface area contributed by atoms with Crippen molar-refractivity contribution in [1.29, 1.82) is 0 Å². The lowest BCUT2D eigenvalue weighted by atomic mass is 10.2. The van der Waals surface area contributed by atoms with E-state index < -0.39 is 0 Å². The molecule has 1 atom stereocenters. The van der Waals surface area contributed by atoms with E-state index in [9.17, 15) is 0 Å². The lowest BCUT2D eigenvalue weighted by molar-refractivity contribution is -0.223. The van der Waals surface area contributed by atoms with Crippen LogP contribution in [0, 0.1) is 0 Å². The standard InChI is InChI=1S/C8H18N2O2/c1-2-8-7-11-6-4-10(8)12-5-3-9/h8H,2-7,9H2,1H3. The van der Waals surface area contributed by atoms with Crippen molar-refractivity contribution in [1.82, 2.24) is 5.06 Å². The van der Waals surface area contributed by atoms with Crippen molar-refractivity contribution in [3.8, 4) is 0 Å². The van der Waals surface area contributed by atoms with Crippen molar-refractivity contribution >= 4 is 0 Å². The molecule has 4 heteroatoms. The minimum atomic E-state index is 0.408. The molecule has 0 saturated carbocycles. The smallest absolute Gasteiger partial charge is 0.0807 e. The summed E-state index contributed by atoms with van der Waals surface area (Å²) in [6, 6.07) is 0.408. The van der Waals surface area contributed by atoms with Gasteiger partial charge in [0.1, 0.15) is 0 Å². The highest BCUT2D eigenvalue weighted by atomic mass is 16.7. The van der Waals surface area contributed by atoms with Gasteiger partial charge in [-0.15, -0.1) is 0 Å². The van der Waals surface area contributed by atoms with Gasteiger partial charge in [-0.05, 0) is 6.42 Å². The number of nitrogens with zero attached hydrogens (tertiary/aromatic N) is 1. The maximum atomic E-state index is 5.46. The molecule has 0 aromatic rings. The Labute approximate surface area is 73.6 Å². The van der Waals surface area contributed by atoms with Crippen molar-refractivity contribution in [2.75, 3.05) is 32.9 Å². The molecular formula is C8H18N2O2. The monoisotopic (exact) mass is 174 g/mol. The number of rotatable bonds is 4. The largest absolute Gasteiger partial charge is 0.378 e. The van der Waals surface area contributed by atoms with E-state index in [-0.39, 0.29) is 0 Å². The summed E-state index contributed by atoms with van der Waals surface area (Å²) in [5.74, 6) is 0. The van der Waals surface area contributed by atoms with Crippen LogP contribution in [0.25, 0.3) is 0 Å². The normalized spacial score (nSPS) is 26.0. The van der Waals surface area contributed by atoms with Crippen LogP contribution in [0.5, 0.6) is 0 Å².